The number of fused-ring (bicyclic) bond motifs is 1. The fraction of sp³-hybridized carbons (Fsp3) is 0.222. The molecule has 0 spiro atoms. The minimum atomic E-state index is 0.221. The second-order valence-corrected chi connectivity index (χ2v) is 5.26. The summed E-state index contributed by atoms with van der Waals surface area (Å²) in [5.74, 6) is 1.95. The number of nitrogens with one attached hydrogen (secondary N) is 1. The Balaban J connectivity index is 1.95. The zero-order valence-electron chi connectivity index (χ0n) is 12.1. The molecule has 1 heterocycles. The molecule has 1 atom stereocenters. The summed E-state index contributed by atoms with van der Waals surface area (Å²) in [6.45, 7) is 6.17. The number of benzene rings is 2. The number of aryl methyl sites for hydroxylation is 2. The standard InChI is InChI=1S/C18H19NO/c1-12-11-17(14(3)20-12)13(2)19-18-10-6-8-15-7-4-5-9-16(15)18/h4-11,13,19H,1-3H3. The smallest absolute Gasteiger partial charge is 0.106 e. The molecule has 102 valence electrons. The third-order valence-corrected chi connectivity index (χ3v) is 3.71. The van der Waals surface area contributed by atoms with E-state index in [0.717, 1.165) is 17.2 Å². The fourth-order valence-electron chi connectivity index (χ4n) is 2.74. The number of rotatable bonds is 3. The van der Waals surface area contributed by atoms with Crippen LogP contribution in [0.25, 0.3) is 10.8 Å². The molecular formula is C18H19NO. The SMILES string of the molecule is Cc1cc(C(C)Nc2cccc3ccccc23)c(C)o1. The Morgan fingerprint density at radius 2 is 1.75 bits per heavy atom. The summed E-state index contributed by atoms with van der Waals surface area (Å²) in [5.41, 5.74) is 2.38. The molecule has 0 saturated heterocycles. The predicted molar refractivity (Wildman–Crippen MR) is 84.2 cm³/mol. The van der Waals surface area contributed by atoms with E-state index in [1.165, 1.54) is 16.3 Å². The lowest BCUT2D eigenvalue weighted by molar-refractivity contribution is 0.500. The molecule has 1 unspecified atom stereocenters. The predicted octanol–water partition coefficient (Wildman–Crippen LogP) is 5.22. The highest BCUT2D eigenvalue weighted by Gasteiger charge is 2.13. The lowest BCUT2D eigenvalue weighted by Gasteiger charge is -2.16. The summed E-state index contributed by atoms with van der Waals surface area (Å²) >= 11 is 0. The molecule has 0 amide bonds. The van der Waals surface area contributed by atoms with Crippen LogP contribution in [0, 0.1) is 13.8 Å². The highest BCUT2D eigenvalue weighted by atomic mass is 16.3. The van der Waals surface area contributed by atoms with Gasteiger partial charge in [-0.05, 0) is 38.3 Å². The average molecular weight is 265 g/mol. The number of furan rings is 1. The molecule has 2 nitrogen and oxygen atoms in total. The van der Waals surface area contributed by atoms with Crippen LogP contribution in [0.1, 0.15) is 30.0 Å². The van der Waals surface area contributed by atoms with Crippen molar-refractivity contribution in [3.8, 4) is 0 Å². The minimum Gasteiger partial charge on any atom is -0.466 e. The Labute approximate surface area is 119 Å². The summed E-state index contributed by atoms with van der Waals surface area (Å²) < 4.78 is 5.62. The summed E-state index contributed by atoms with van der Waals surface area (Å²) in [6.07, 6.45) is 0. The first-order valence-electron chi connectivity index (χ1n) is 6.96. The first-order chi connectivity index (χ1) is 9.65. The molecule has 20 heavy (non-hydrogen) atoms. The van der Waals surface area contributed by atoms with Crippen molar-refractivity contribution in [2.75, 3.05) is 5.32 Å². The molecule has 0 bridgehead atoms. The highest BCUT2D eigenvalue weighted by molar-refractivity contribution is 5.93. The molecule has 0 aliphatic rings. The summed E-state index contributed by atoms with van der Waals surface area (Å²) in [5, 5.41) is 6.10. The third-order valence-electron chi connectivity index (χ3n) is 3.71. The van der Waals surface area contributed by atoms with E-state index in [4.69, 9.17) is 4.42 Å². The monoisotopic (exact) mass is 265 g/mol. The van der Waals surface area contributed by atoms with Gasteiger partial charge in [0, 0.05) is 16.6 Å². The maximum Gasteiger partial charge on any atom is 0.106 e. The largest absolute Gasteiger partial charge is 0.466 e. The molecule has 0 fully saturated rings. The van der Waals surface area contributed by atoms with Crippen LogP contribution in [0.3, 0.4) is 0 Å². The Morgan fingerprint density at radius 3 is 2.50 bits per heavy atom. The van der Waals surface area contributed by atoms with Crippen LogP contribution < -0.4 is 5.32 Å². The van der Waals surface area contributed by atoms with E-state index < -0.39 is 0 Å². The van der Waals surface area contributed by atoms with Crippen molar-refractivity contribution in [1.82, 2.24) is 0 Å². The maximum atomic E-state index is 5.62. The molecule has 0 aliphatic heterocycles. The van der Waals surface area contributed by atoms with Crippen LogP contribution in [-0.4, -0.2) is 0 Å². The van der Waals surface area contributed by atoms with Crippen LogP contribution in [0.15, 0.2) is 52.9 Å². The van der Waals surface area contributed by atoms with E-state index in [1.807, 2.05) is 13.8 Å². The Bertz CT molecular complexity index is 737. The van der Waals surface area contributed by atoms with E-state index in [0.29, 0.717) is 0 Å². The fourth-order valence-corrected chi connectivity index (χ4v) is 2.74. The van der Waals surface area contributed by atoms with E-state index >= 15 is 0 Å². The van der Waals surface area contributed by atoms with Crippen LogP contribution in [0.4, 0.5) is 5.69 Å². The van der Waals surface area contributed by atoms with Crippen molar-refractivity contribution >= 4 is 16.5 Å². The molecule has 0 saturated carbocycles. The van der Waals surface area contributed by atoms with Gasteiger partial charge in [-0.2, -0.15) is 0 Å². The van der Waals surface area contributed by atoms with E-state index in [1.54, 1.807) is 0 Å². The third kappa shape index (κ3) is 2.29. The van der Waals surface area contributed by atoms with Crippen molar-refractivity contribution in [1.29, 1.82) is 0 Å². The lowest BCUT2D eigenvalue weighted by atomic mass is 10.1. The van der Waals surface area contributed by atoms with Gasteiger partial charge in [0.25, 0.3) is 0 Å². The van der Waals surface area contributed by atoms with Crippen LogP contribution >= 0.6 is 0 Å². The highest BCUT2D eigenvalue weighted by Crippen LogP contribution is 2.29. The van der Waals surface area contributed by atoms with Gasteiger partial charge in [-0.25, -0.2) is 0 Å². The molecule has 1 N–H and O–H groups in total. The zero-order valence-corrected chi connectivity index (χ0v) is 12.1. The summed E-state index contributed by atoms with van der Waals surface area (Å²) in [4.78, 5) is 0. The number of hydrogen-bond acceptors (Lipinski definition) is 2. The van der Waals surface area contributed by atoms with Gasteiger partial charge in [-0.15, -0.1) is 0 Å². The Morgan fingerprint density at radius 1 is 1.00 bits per heavy atom. The first-order valence-corrected chi connectivity index (χ1v) is 6.96. The number of anilines is 1. The van der Waals surface area contributed by atoms with Crippen molar-refractivity contribution in [2.45, 2.75) is 26.8 Å². The Kier molecular flexibility index (Phi) is 3.23. The molecule has 2 heteroatoms. The summed E-state index contributed by atoms with van der Waals surface area (Å²) in [7, 11) is 0. The van der Waals surface area contributed by atoms with Crippen molar-refractivity contribution in [2.24, 2.45) is 0 Å². The first kappa shape index (κ1) is 12.8. The van der Waals surface area contributed by atoms with E-state index in [2.05, 4.69) is 60.8 Å². The quantitative estimate of drug-likeness (QED) is 0.702. The summed E-state index contributed by atoms with van der Waals surface area (Å²) in [6, 6.07) is 17.1. The molecule has 3 aromatic rings. The molecule has 0 aliphatic carbocycles. The van der Waals surface area contributed by atoms with Gasteiger partial charge in [0.15, 0.2) is 0 Å². The molecule has 2 aromatic carbocycles. The number of hydrogen-bond donors (Lipinski definition) is 1. The second-order valence-electron chi connectivity index (χ2n) is 5.26. The molecular weight excluding hydrogens is 246 g/mol. The van der Waals surface area contributed by atoms with E-state index in [9.17, 15) is 0 Å². The second kappa shape index (κ2) is 5.04. The van der Waals surface area contributed by atoms with Crippen LogP contribution in [-0.2, 0) is 0 Å². The van der Waals surface area contributed by atoms with Crippen molar-refractivity contribution < 1.29 is 4.42 Å². The van der Waals surface area contributed by atoms with Crippen molar-refractivity contribution in [3.05, 3.63) is 65.6 Å². The normalized spacial score (nSPS) is 12.6. The van der Waals surface area contributed by atoms with E-state index in [-0.39, 0.29) is 6.04 Å². The molecule has 0 radical (unpaired) electrons. The topological polar surface area (TPSA) is 25.2 Å². The van der Waals surface area contributed by atoms with Gasteiger partial charge in [0.2, 0.25) is 0 Å². The Hall–Kier alpha value is -2.22. The van der Waals surface area contributed by atoms with Gasteiger partial charge >= 0.3 is 0 Å². The maximum absolute atomic E-state index is 5.62. The van der Waals surface area contributed by atoms with Crippen LogP contribution in [0.2, 0.25) is 0 Å². The minimum absolute atomic E-state index is 0.221. The molecule has 1 aromatic heterocycles. The van der Waals surface area contributed by atoms with Crippen molar-refractivity contribution in [3.63, 3.8) is 0 Å². The van der Waals surface area contributed by atoms with Gasteiger partial charge < -0.3 is 9.73 Å². The van der Waals surface area contributed by atoms with Gasteiger partial charge in [-0.3, -0.25) is 0 Å². The molecule has 3 rings (SSSR count). The average Bonchev–Trinajstić information content (AvgIpc) is 2.78. The van der Waals surface area contributed by atoms with Gasteiger partial charge in [0.05, 0.1) is 6.04 Å². The zero-order chi connectivity index (χ0) is 14.1. The lowest BCUT2D eigenvalue weighted by Crippen LogP contribution is -2.07. The van der Waals surface area contributed by atoms with Gasteiger partial charge in [0.1, 0.15) is 11.5 Å². The van der Waals surface area contributed by atoms with Crippen LogP contribution in [0.5, 0.6) is 0 Å². The van der Waals surface area contributed by atoms with Gasteiger partial charge in [-0.1, -0.05) is 36.4 Å².